The number of aromatic hydroxyl groups is 1. The smallest absolute Gasteiger partial charge is 0.137 e. The zero-order valence-electron chi connectivity index (χ0n) is 15.9. The zero-order chi connectivity index (χ0) is 18.8. The molecule has 0 fully saturated rings. The molecule has 0 saturated heterocycles. The molecule has 0 saturated carbocycles. The van der Waals surface area contributed by atoms with Crippen LogP contribution in [-0.4, -0.2) is 10.9 Å². The number of fused-ring (bicyclic) bond motifs is 1. The van der Waals surface area contributed by atoms with Gasteiger partial charge in [-0.2, -0.15) is 0 Å². The maximum Gasteiger partial charge on any atom is 0.137 e. The number of ketones is 1. The third-order valence-electron chi connectivity index (χ3n) is 5.73. The molecule has 0 radical (unpaired) electrons. The quantitative estimate of drug-likeness (QED) is 0.748. The number of carbonyl (C=O) groups is 1. The van der Waals surface area contributed by atoms with E-state index in [0.29, 0.717) is 24.4 Å². The van der Waals surface area contributed by atoms with Crippen molar-refractivity contribution in [3.63, 3.8) is 0 Å². The van der Waals surface area contributed by atoms with Crippen molar-refractivity contribution in [2.75, 3.05) is 0 Å². The zero-order valence-corrected chi connectivity index (χ0v) is 15.9. The van der Waals surface area contributed by atoms with Gasteiger partial charge in [-0.3, -0.25) is 4.79 Å². The van der Waals surface area contributed by atoms with Crippen LogP contribution in [0.2, 0.25) is 0 Å². The largest absolute Gasteiger partial charge is 0.508 e. The van der Waals surface area contributed by atoms with E-state index in [-0.39, 0.29) is 0 Å². The molecule has 0 amide bonds. The van der Waals surface area contributed by atoms with E-state index in [2.05, 4.69) is 49.4 Å². The van der Waals surface area contributed by atoms with Crippen LogP contribution >= 0.6 is 0 Å². The topological polar surface area (TPSA) is 37.3 Å². The van der Waals surface area contributed by atoms with Crippen molar-refractivity contribution in [2.24, 2.45) is 0 Å². The van der Waals surface area contributed by atoms with Gasteiger partial charge >= 0.3 is 0 Å². The minimum atomic E-state index is 0.347. The molecule has 0 atom stereocenters. The molecule has 2 nitrogen and oxygen atoms in total. The molecule has 2 aromatic carbocycles. The number of unbranched alkanes of at least 4 members (excludes halogenated alkanes) is 1. The fraction of sp³-hybridized carbons (Fsp3) is 0.320. The third-order valence-corrected chi connectivity index (χ3v) is 5.73. The predicted octanol–water partition coefficient (Wildman–Crippen LogP) is 5.66. The Balaban J connectivity index is 1.55. The van der Waals surface area contributed by atoms with E-state index in [1.54, 1.807) is 0 Å². The van der Waals surface area contributed by atoms with Crippen LogP contribution < -0.4 is 0 Å². The number of hydrogen-bond donors (Lipinski definition) is 1. The van der Waals surface area contributed by atoms with Crippen LogP contribution in [0.15, 0.2) is 48.6 Å². The van der Waals surface area contributed by atoms with Gasteiger partial charge in [0.2, 0.25) is 0 Å². The molecule has 138 valence electrons. The van der Waals surface area contributed by atoms with Gasteiger partial charge in [0.15, 0.2) is 0 Å². The van der Waals surface area contributed by atoms with Gasteiger partial charge in [0.1, 0.15) is 11.5 Å². The fourth-order valence-electron chi connectivity index (χ4n) is 4.06. The van der Waals surface area contributed by atoms with E-state index in [4.69, 9.17) is 0 Å². The first-order valence-electron chi connectivity index (χ1n) is 10.0. The normalized spacial score (nSPS) is 16.1. The van der Waals surface area contributed by atoms with Crippen molar-refractivity contribution >= 4 is 16.9 Å². The lowest BCUT2D eigenvalue weighted by atomic mass is 9.88. The van der Waals surface area contributed by atoms with Crippen LogP contribution in [-0.2, 0) is 24.1 Å². The second-order valence-electron chi connectivity index (χ2n) is 7.68. The highest BCUT2D eigenvalue weighted by Gasteiger charge is 2.17. The minimum absolute atomic E-state index is 0.347. The summed E-state index contributed by atoms with van der Waals surface area (Å²) >= 11 is 0. The molecule has 0 unspecified atom stereocenters. The lowest BCUT2D eigenvalue weighted by Crippen LogP contribution is -2.13. The monoisotopic (exact) mass is 358 g/mol. The molecule has 2 heteroatoms. The Bertz CT molecular complexity index is 947. The molecule has 2 aliphatic rings. The third kappa shape index (κ3) is 3.75. The number of aryl methyl sites for hydroxylation is 2. The standard InChI is InChI=1S/C25H26O2/c1-2-3-4-17-5-6-23(16-25(17)27)20-8-7-18(13-20)19-9-10-22-15-24(26)12-11-21(22)14-19/h5-7,9-10,13-14,16,27H,2-4,8,11-12,15H2,1H3. The molecule has 0 heterocycles. The number of Topliss-reactive ketones (excluding diaryl/α,β-unsaturated/α-hetero) is 1. The SMILES string of the molecule is CCCCc1ccc(C2=CC(c3ccc4c(c3)CCC(=O)C4)=CC2)cc1O. The van der Waals surface area contributed by atoms with E-state index in [1.807, 2.05) is 6.07 Å². The van der Waals surface area contributed by atoms with Gasteiger partial charge in [-0.1, -0.05) is 55.8 Å². The maximum absolute atomic E-state index is 11.6. The molecule has 2 aromatic rings. The van der Waals surface area contributed by atoms with Crippen LogP contribution in [0, 0.1) is 0 Å². The molecule has 1 N–H and O–H groups in total. The number of carbonyl (C=O) groups excluding carboxylic acids is 1. The van der Waals surface area contributed by atoms with Gasteiger partial charge in [-0.15, -0.1) is 0 Å². The number of phenolic OH excluding ortho intramolecular Hbond substituents is 1. The first-order valence-corrected chi connectivity index (χ1v) is 10.0. The second-order valence-corrected chi connectivity index (χ2v) is 7.68. The summed E-state index contributed by atoms with van der Waals surface area (Å²) in [7, 11) is 0. The van der Waals surface area contributed by atoms with Crippen LogP contribution in [0.1, 0.15) is 60.4 Å². The van der Waals surface area contributed by atoms with Crippen LogP contribution in [0.4, 0.5) is 0 Å². The van der Waals surface area contributed by atoms with Gasteiger partial charge in [-0.05, 0) is 70.7 Å². The number of phenols is 1. The van der Waals surface area contributed by atoms with Crippen LogP contribution in [0.3, 0.4) is 0 Å². The Kier molecular flexibility index (Phi) is 4.98. The van der Waals surface area contributed by atoms with Gasteiger partial charge in [0.05, 0.1) is 0 Å². The summed E-state index contributed by atoms with van der Waals surface area (Å²) in [6.45, 7) is 2.17. The van der Waals surface area contributed by atoms with Gasteiger partial charge in [-0.25, -0.2) is 0 Å². The molecule has 2 aliphatic carbocycles. The molecular formula is C25H26O2. The molecule has 4 rings (SSSR count). The Morgan fingerprint density at radius 1 is 1.00 bits per heavy atom. The van der Waals surface area contributed by atoms with Crippen LogP contribution in [0.25, 0.3) is 11.1 Å². The highest BCUT2D eigenvalue weighted by Crippen LogP contribution is 2.35. The molecule has 0 aliphatic heterocycles. The van der Waals surface area contributed by atoms with Crippen molar-refractivity contribution in [3.8, 4) is 5.75 Å². The van der Waals surface area contributed by atoms with Crippen molar-refractivity contribution in [2.45, 2.75) is 51.9 Å². The molecular weight excluding hydrogens is 332 g/mol. The Labute approximate surface area is 161 Å². The first kappa shape index (κ1) is 17.8. The lowest BCUT2D eigenvalue weighted by Gasteiger charge is -2.16. The van der Waals surface area contributed by atoms with E-state index < -0.39 is 0 Å². The van der Waals surface area contributed by atoms with Crippen molar-refractivity contribution in [1.29, 1.82) is 0 Å². The summed E-state index contributed by atoms with van der Waals surface area (Å²) in [4.78, 5) is 11.6. The van der Waals surface area contributed by atoms with Crippen LogP contribution in [0.5, 0.6) is 5.75 Å². The van der Waals surface area contributed by atoms with Gasteiger partial charge < -0.3 is 5.11 Å². The summed E-state index contributed by atoms with van der Waals surface area (Å²) in [5.41, 5.74) is 8.34. The lowest BCUT2D eigenvalue weighted by molar-refractivity contribution is -0.118. The number of benzene rings is 2. The van der Waals surface area contributed by atoms with E-state index in [9.17, 15) is 9.90 Å². The van der Waals surface area contributed by atoms with Gasteiger partial charge in [0, 0.05) is 12.8 Å². The number of rotatable bonds is 5. The summed E-state index contributed by atoms with van der Waals surface area (Å²) in [6, 6.07) is 12.6. The van der Waals surface area contributed by atoms with E-state index in [1.165, 1.54) is 27.8 Å². The van der Waals surface area contributed by atoms with E-state index >= 15 is 0 Å². The summed E-state index contributed by atoms with van der Waals surface area (Å²) < 4.78 is 0. The second kappa shape index (κ2) is 7.56. The maximum atomic E-state index is 11.6. The summed E-state index contributed by atoms with van der Waals surface area (Å²) in [6.07, 6.45) is 10.7. The van der Waals surface area contributed by atoms with Crippen molar-refractivity contribution in [3.05, 3.63) is 76.4 Å². The fourth-order valence-corrected chi connectivity index (χ4v) is 4.06. The van der Waals surface area contributed by atoms with Crippen molar-refractivity contribution < 1.29 is 9.90 Å². The molecule has 27 heavy (non-hydrogen) atoms. The van der Waals surface area contributed by atoms with Crippen molar-refractivity contribution in [1.82, 2.24) is 0 Å². The minimum Gasteiger partial charge on any atom is -0.508 e. The molecule has 0 aromatic heterocycles. The Hall–Kier alpha value is -2.61. The highest BCUT2D eigenvalue weighted by atomic mass is 16.3. The average Bonchev–Trinajstić information content (AvgIpc) is 3.17. The Morgan fingerprint density at radius 2 is 1.85 bits per heavy atom. The summed E-state index contributed by atoms with van der Waals surface area (Å²) in [5.74, 6) is 0.758. The molecule has 0 bridgehead atoms. The van der Waals surface area contributed by atoms with Gasteiger partial charge in [0.25, 0.3) is 0 Å². The first-order chi connectivity index (χ1) is 13.1. The number of allylic oxidation sites excluding steroid dienone is 4. The molecule has 0 spiro atoms. The predicted molar refractivity (Wildman–Crippen MR) is 111 cm³/mol. The average molecular weight is 358 g/mol. The summed E-state index contributed by atoms with van der Waals surface area (Å²) in [5, 5.41) is 10.3. The Morgan fingerprint density at radius 3 is 2.67 bits per heavy atom. The van der Waals surface area contributed by atoms with E-state index in [0.717, 1.165) is 43.2 Å². The highest BCUT2D eigenvalue weighted by molar-refractivity contribution is 5.90. The number of hydrogen-bond acceptors (Lipinski definition) is 2.